The maximum atomic E-state index is 14.3. The molecule has 0 unspecified atom stereocenters. The Hall–Kier alpha value is -1.14. The number of aliphatic hydroxyl groups is 1. The van der Waals surface area contributed by atoms with Crippen molar-refractivity contribution >= 4 is 11.8 Å². The van der Waals surface area contributed by atoms with Crippen LogP contribution in [0.2, 0.25) is 0 Å². The van der Waals surface area contributed by atoms with Crippen LogP contribution in [0.5, 0.6) is 0 Å². The van der Waals surface area contributed by atoms with Crippen LogP contribution in [0.15, 0.2) is 0 Å². The summed E-state index contributed by atoms with van der Waals surface area (Å²) >= 11 is 0. The lowest BCUT2D eigenvalue weighted by molar-refractivity contribution is -0.295. The summed E-state index contributed by atoms with van der Waals surface area (Å²) in [6, 6.07) is -0.117. The zero-order valence-electron chi connectivity index (χ0n) is 31.6. The third-order valence-electron chi connectivity index (χ3n) is 10.9. The molecule has 3 aliphatic heterocycles. The summed E-state index contributed by atoms with van der Waals surface area (Å²) in [6.07, 6.45) is 4.28. The first-order valence-corrected chi connectivity index (χ1v) is 18.4. The van der Waals surface area contributed by atoms with E-state index in [1.54, 1.807) is 27.9 Å². The van der Waals surface area contributed by atoms with Gasteiger partial charge >= 0.3 is 5.97 Å². The van der Waals surface area contributed by atoms with E-state index in [1.807, 2.05) is 32.8 Å². The smallest absolute Gasteiger partial charge is 0.319 e. The van der Waals surface area contributed by atoms with Gasteiger partial charge < -0.3 is 33.9 Å². The van der Waals surface area contributed by atoms with E-state index in [2.05, 4.69) is 30.6 Å². The van der Waals surface area contributed by atoms with Crippen LogP contribution in [-0.4, -0.2) is 134 Å². The van der Waals surface area contributed by atoms with Gasteiger partial charge in [0.2, 0.25) is 0 Å². The van der Waals surface area contributed by atoms with Gasteiger partial charge in [-0.1, -0.05) is 34.1 Å². The van der Waals surface area contributed by atoms with Crippen LogP contribution in [-0.2, 0) is 28.5 Å². The molecular formula is C37H69N3O7. The van der Waals surface area contributed by atoms with Crippen molar-refractivity contribution in [2.24, 2.45) is 23.2 Å². The van der Waals surface area contributed by atoms with E-state index in [0.717, 1.165) is 45.6 Å². The monoisotopic (exact) mass is 668 g/mol. The minimum absolute atomic E-state index is 0.0498. The quantitative estimate of drug-likeness (QED) is 0.263. The number of carbonyl (C=O) groups is 2. The van der Waals surface area contributed by atoms with Gasteiger partial charge in [0.15, 0.2) is 12.1 Å². The molecule has 47 heavy (non-hydrogen) atoms. The molecule has 3 heterocycles. The SMILES string of the molecule is CO[C@]1(C)C[C@@H](C)CN(CC(C)C)[C@@H](CCCN2CCCCC2)COC(=O)C(C)(C)C(=O)[C@H](C)[C@H]1O[C@@H]1O[C@H](C)C[C@H](N(C)C)[C@H]1O. The summed E-state index contributed by atoms with van der Waals surface area (Å²) < 4.78 is 25.3. The minimum Gasteiger partial charge on any atom is -0.463 e. The van der Waals surface area contributed by atoms with E-state index in [9.17, 15) is 14.7 Å². The molecule has 0 aromatic rings. The van der Waals surface area contributed by atoms with Crippen LogP contribution in [0.3, 0.4) is 0 Å². The number of ketones is 1. The Morgan fingerprint density at radius 2 is 1.72 bits per heavy atom. The number of hydrogen-bond donors (Lipinski definition) is 1. The standard InChI is InChI=1S/C37H69N3O7/c1-25(2)22-40-23-26(3)21-37(8,44-11)33(47-34-31(41)30(38(9)10)20-27(4)46-34)28(5)32(42)36(6,7)35(43)45-24-29(40)16-15-19-39-17-13-12-14-18-39/h25-31,33-34,41H,12-24H2,1-11H3/t26-,27-,28+,29+,30+,31-,33-,34+,37-/m1/s1. The number of nitrogens with zero attached hydrogens (tertiary/aromatic N) is 3. The molecule has 3 fully saturated rings. The molecule has 274 valence electrons. The summed E-state index contributed by atoms with van der Waals surface area (Å²) in [5.41, 5.74) is -2.31. The highest BCUT2D eigenvalue weighted by atomic mass is 16.7. The molecule has 0 aromatic carbocycles. The Morgan fingerprint density at radius 1 is 1.06 bits per heavy atom. The van der Waals surface area contributed by atoms with Gasteiger partial charge in [-0.2, -0.15) is 0 Å². The topological polar surface area (TPSA) is 101 Å². The summed E-state index contributed by atoms with van der Waals surface area (Å²) in [4.78, 5) is 35.1. The fourth-order valence-corrected chi connectivity index (χ4v) is 8.17. The lowest BCUT2D eigenvalue weighted by Crippen LogP contribution is -2.59. The first kappa shape index (κ1) is 40.3. The lowest BCUT2D eigenvalue weighted by atomic mass is 9.74. The van der Waals surface area contributed by atoms with Gasteiger partial charge in [-0.25, -0.2) is 0 Å². The highest BCUT2D eigenvalue weighted by molar-refractivity contribution is 6.04. The maximum Gasteiger partial charge on any atom is 0.319 e. The average molecular weight is 668 g/mol. The van der Waals surface area contributed by atoms with Gasteiger partial charge in [0, 0.05) is 38.2 Å². The summed E-state index contributed by atoms with van der Waals surface area (Å²) in [5, 5.41) is 11.4. The number of rotatable bonds is 10. The van der Waals surface area contributed by atoms with E-state index in [1.165, 1.54) is 19.3 Å². The molecule has 0 aromatic heterocycles. The van der Waals surface area contributed by atoms with E-state index in [0.29, 0.717) is 18.8 Å². The fraction of sp³-hybridized carbons (Fsp3) is 0.946. The molecule has 9 atom stereocenters. The summed E-state index contributed by atoms with van der Waals surface area (Å²) in [5.74, 6) is -0.927. The Bertz CT molecular complexity index is 987. The predicted octanol–water partition coefficient (Wildman–Crippen LogP) is 4.61. The van der Waals surface area contributed by atoms with Gasteiger partial charge in [0.05, 0.1) is 17.8 Å². The van der Waals surface area contributed by atoms with Crippen molar-refractivity contribution in [3.05, 3.63) is 0 Å². The van der Waals surface area contributed by atoms with Crippen molar-refractivity contribution in [3.63, 3.8) is 0 Å². The van der Waals surface area contributed by atoms with Gasteiger partial charge in [-0.05, 0) is 112 Å². The Labute approximate surface area is 286 Å². The van der Waals surface area contributed by atoms with E-state index in [-0.39, 0.29) is 36.5 Å². The fourth-order valence-electron chi connectivity index (χ4n) is 8.17. The number of Topliss-reactive ketones (excluding diaryl/α,β-unsaturated/α-hetero) is 1. The number of methoxy groups -OCH3 is 1. The van der Waals surface area contributed by atoms with Crippen LogP contribution >= 0.6 is 0 Å². The lowest BCUT2D eigenvalue weighted by Gasteiger charge is -2.47. The first-order chi connectivity index (χ1) is 22.0. The summed E-state index contributed by atoms with van der Waals surface area (Å²) in [6.45, 7) is 21.1. The number of hydrogen-bond acceptors (Lipinski definition) is 10. The van der Waals surface area contributed by atoms with Crippen molar-refractivity contribution in [1.29, 1.82) is 0 Å². The highest BCUT2D eigenvalue weighted by Crippen LogP contribution is 2.38. The van der Waals surface area contributed by atoms with Gasteiger partial charge in [-0.15, -0.1) is 0 Å². The third-order valence-corrected chi connectivity index (χ3v) is 10.9. The predicted molar refractivity (Wildman–Crippen MR) is 185 cm³/mol. The number of aliphatic hydroxyl groups excluding tert-OH is 1. The minimum atomic E-state index is -1.40. The Kier molecular flexibility index (Phi) is 15.2. The van der Waals surface area contributed by atoms with Crippen molar-refractivity contribution in [3.8, 4) is 0 Å². The number of likely N-dealkylation sites (N-methyl/N-ethyl adjacent to an activating group) is 1. The first-order valence-electron chi connectivity index (χ1n) is 18.4. The van der Waals surface area contributed by atoms with E-state index < -0.39 is 41.4 Å². The molecule has 0 saturated carbocycles. The molecule has 10 heteroatoms. The van der Waals surface area contributed by atoms with Gasteiger partial charge in [0.25, 0.3) is 0 Å². The number of cyclic esters (lactones) is 1. The molecule has 10 nitrogen and oxygen atoms in total. The zero-order chi connectivity index (χ0) is 35.1. The number of carbonyl (C=O) groups excluding carboxylic acids is 2. The normalized spacial score (nSPS) is 37.3. The average Bonchev–Trinajstić information content (AvgIpc) is 3.01. The van der Waals surface area contributed by atoms with E-state index >= 15 is 0 Å². The largest absolute Gasteiger partial charge is 0.463 e. The molecule has 0 spiro atoms. The number of ether oxygens (including phenoxy) is 4. The third kappa shape index (κ3) is 10.7. The van der Waals surface area contributed by atoms with Crippen LogP contribution < -0.4 is 0 Å². The Balaban J connectivity index is 1.96. The Morgan fingerprint density at radius 3 is 2.32 bits per heavy atom. The number of esters is 1. The second kappa shape index (κ2) is 17.7. The summed E-state index contributed by atoms with van der Waals surface area (Å²) in [7, 11) is 5.54. The molecule has 1 N–H and O–H groups in total. The molecule has 3 rings (SSSR count). The van der Waals surface area contributed by atoms with Crippen LogP contribution in [0.25, 0.3) is 0 Å². The molecule has 0 amide bonds. The molecular weight excluding hydrogens is 598 g/mol. The van der Waals surface area contributed by atoms with Gasteiger partial charge in [0.1, 0.15) is 18.1 Å². The van der Waals surface area contributed by atoms with Crippen molar-refractivity contribution in [1.82, 2.24) is 14.7 Å². The van der Waals surface area contributed by atoms with Crippen molar-refractivity contribution < 1.29 is 33.6 Å². The number of piperidine rings is 1. The van der Waals surface area contributed by atoms with Crippen molar-refractivity contribution in [2.75, 3.05) is 60.5 Å². The molecule has 0 bridgehead atoms. The highest BCUT2D eigenvalue weighted by Gasteiger charge is 2.51. The van der Waals surface area contributed by atoms with Crippen LogP contribution in [0.1, 0.15) is 100 Å². The van der Waals surface area contributed by atoms with Gasteiger partial charge in [-0.3, -0.25) is 14.5 Å². The zero-order valence-corrected chi connectivity index (χ0v) is 31.6. The van der Waals surface area contributed by atoms with Crippen LogP contribution in [0.4, 0.5) is 0 Å². The van der Waals surface area contributed by atoms with E-state index in [4.69, 9.17) is 18.9 Å². The van der Waals surface area contributed by atoms with Crippen molar-refractivity contribution in [2.45, 2.75) is 143 Å². The second-order valence-corrected chi connectivity index (χ2v) is 16.4. The molecule has 3 saturated heterocycles. The molecule has 0 aliphatic carbocycles. The molecule has 0 radical (unpaired) electrons. The van der Waals surface area contributed by atoms with Crippen LogP contribution in [0, 0.1) is 23.2 Å². The number of likely N-dealkylation sites (tertiary alicyclic amines) is 1. The maximum absolute atomic E-state index is 14.3. The second-order valence-electron chi connectivity index (χ2n) is 16.4. The molecule has 3 aliphatic rings.